The fourth-order valence-corrected chi connectivity index (χ4v) is 7.12. The normalized spacial score (nSPS) is 21.6. The second-order valence-electron chi connectivity index (χ2n) is 12.7. The summed E-state index contributed by atoms with van der Waals surface area (Å²) in [6.45, 7) is 9.27. The van der Waals surface area contributed by atoms with Crippen molar-refractivity contribution in [3.8, 4) is 22.8 Å². The maximum atomic E-state index is 14.3. The monoisotopic (exact) mass is 656 g/mol. The zero-order valence-corrected chi connectivity index (χ0v) is 27.8. The van der Waals surface area contributed by atoms with Gasteiger partial charge < -0.3 is 20.7 Å². The van der Waals surface area contributed by atoms with Crippen LogP contribution in [0.15, 0.2) is 66.2 Å². The van der Waals surface area contributed by atoms with Crippen molar-refractivity contribution in [2.24, 2.45) is 0 Å². The first-order valence-electron chi connectivity index (χ1n) is 16.2. The summed E-state index contributed by atoms with van der Waals surface area (Å²) in [5.74, 6) is -0.710. The fraction of sp³-hybridized carbons (Fsp3) is 0.389. The Balaban J connectivity index is 1.06. The van der Waals surface area contributed by atoms with E-state index in [2.05, 4.69) is 68.9 Å². The molecule has 2 aliphatic rings. The Morgan fingerprint density at radius 3 is 2.30 bits per heavy atom. The highest BCUT2D eigenvalue weighted by molar-refractivity contribution is 7.09. The number of rotatable bonds is 9. The number of piperazine rings is 1. The van der Waals surface area contributed by atoms with E-state index in [4.69, 9.17) is 4.74 Å². The number of hydrogen-bond donors (Lipinski definition) is 3. The summed E-state index contributed by atoms with van der Waals surface area (Å²) >= 11 is 1.44. The van der Waals surface area contributed by atoms with Gasteiger partial charge in [-0.05, 0) is 81.3 Å². The zero-order valence-electron chi connectivity index (χ0n) is 27.0. The van der Waals surface area contributed by atoms with Gasteiger partial charge in [0.2, 0.25) is 5.88 Å². The average Bonchev–Trinajstić information content (AvgIpc) is 3.49. The second-order valence-corrected chi connectivity index (χ2v) is 13.8. The number of ether oxygens (including phenoxy) is 1. The number of aromatic nitrogens is 2. The standard InChI is InChI=1S/C36H41FN6O3S/c1-22-18-43(19-23(2)39-22)20-25-7-9-26(10-8-25)27-5-4-6-31(15-27)46-36-32(16-28(37)17-38-36)34(44)41-29-11-13-30(14-12-29)42-35(45)33-21-47-24(3)40-33/h4-10,15-17,21-23,29-30,39H,11-14,18-20H2,1-3H3,(H,41,44)(H,42,45)/t22-,23+,29-,30+. The van der Waals surface area contributed by atoms with E-state index < -0.39 is 11.7 Å². The van der Waals surface area contributed by atoms with Crippen molar-refractivity contribution in [1.82, 2.24) is 30.8 Å². The molecule has 246 valence electrons. The van der Waals surface area contributed by atoms with Crippen LogP contribution in [-0.4, -0.2) is 63.9 Å². The summed E-state index contributed by atoms with van der Waals surface area (Å²) in [6.07, 6.45) is 3.84. The van der Waals surface area contributed by atoms with E-state index in [9.17, 15) is 14.0 Å². The first kappa shape index (κ1) is 32.7. The molecule has 0 bridgehead atoms. The van der Waals surface area contributed by atoms with Crippen molar-refractivity contribution in [1.29, 1.82) is 0 Å². The van der Waals surface area contributed by atoms with Crippen LogP contribution in [0.4, 0.5) is 4.39 Å². The van der Waals surface area contributed by atoms with Crippen LogP contribution in [-0.2, 0) is 6.54 Å². The Morgan fingerprint density at radius 2 is 1.64 bits per heavy atom. The third kappa shape index (κ3) is 8.59. The molecule has 47 heavy (non-hydrogen) atoms. The highest BCUT2D eigenvalue weighted by Crippen LogP contribution is 2.29. The first-order chi connectivity index (χ1) is 22.7. The van der Waals surface area contributed by atoms with Crippen LogP contribution in [0.1, 0.15) is 70.9 Å². The molecule has 0 spiro atoms. The lowest BCUT2D eigenvalue weighted by Crippen LogP contribution is -2.53. The van der Waals surface area contributed by atoms with E-state index in [0.29, 0.717) is 49.2 Å². The largest absolute Gasteiger partial charge is 0.438 e. The van der Waals surface area contributed by atoms with Crippen molar-refractivity contribution < 1.29 is 18.7 Å². The fourth-order valence-electron chi connectivity index (χ4n) is 6.52. The molecule has 1 aliphatic carbocycles. The van der Waals surface area contributed by atoms with Crippen molar-refractivity contribution in [3.63, 3.8) is 0 Å². The predicted molar refractivity (Wildman–Crippen MR) is 181 cm³/mol. The molecule has 3 heterocycles. The van der Waals surface area contributed by atoms with Gasteiger partial charge in [0.1, 0.15) is 22.8 Å². The molecule has 1 saturated carbocycles. The number of pyridine rings is 1. The van der Waals surface area contributed by atoms with Gasteiger partial charge in [0.15, 0.2) is 0 Å². The number of aryl methyl sites for hydroxylation is 1. The summed E-state index contributed by atoms with van der Waals surface area (Å²) in [7, 11) is 0. The number of carbonyl (C=O) groups is 2. The number of benzene rings is 2. The van der Waals surface area contributed by atoms with Gasteiger partial charge in [-0.3, -0.25) is 14.5 Å². The van der Waals surface area contributed by atoms with Crippen molar-refractivity contribution in [3.05, 3.63) is 93.8 Å². The molecule has 11 heteroatoms. The molecule has 0 radical (unpaired) electrons. The Labute approximate surface area is 279 Å². The van der Waals surface area contributed by atoms with Crippen LogP contribution >= 0.6 is 11.3 Å². The molecule has 2 amide bonds. The van der Waals surface area contributed by atoms with E-state index in [1.54, 1.807) is 11.4 Å². The van der Waals surface area contributed by atoms with Crippen LogP contribution in [0.3, 0.4) is 0 Å². The van der Waals surface area contributed by atoms with Crippen molar-refractivity contribution in [2.45, 2.75) is 77.2 Å². The van der Waals surface area contributed by atoms with E-state index in [-0.39, 0.29) is 29.4 Å². The molecular weight excluding hydrogens is 616 g/mol. The van der Waals surface area contributed by atoms with Gasteiger partial charge in [0.05, 0.1) is 11.2 Å². The van der Waals surface area contributed by atoms with Crippen LogP contribution < -0.4 is 20.7 Å². The van der Waals surface area contributed by atoms with Gasteiger partial charge in [0, 0.05) is 49.2 Å². The summed E-state index contributed by atoms with van der Waals surface area (Å²) in [5.41, 5.74) is 3.73. The lowest BCUT2D eigenvalue weighted by molar-refractivity contribution is 0.0888. The maximum absolute atomic E-state index is 14.3. The SMILES string of the molecule is Cc1nc(C(=O)N[C@H]2CC[C@@H](NC(=O)c3cc(F)cnc3Oc3cccc(-c4ccc(CN5C[C@@H](C)N[C@@H](C)C5)cc4)c3)CC2)cs1. The lowest BCUT2D eigenvalue weighted by Gasteiger charge is -2.36. The highest BCUT2D eigenvalue weighted by atomic mass is 32.1. The van der Waals surface area contributed by atoms with Gasteiger partial charge in [-0.2, -0.15) is 0 Å². The average molecular weight is 657 g/mol. The molecule has 2 atom stereocenters. The third-order valence-electron chi connectivity index (χ3n) is 8.69. The topological polar surface area (TPSA) is 108 Å². The van der Waals surface area contributed by atoms with Crippen LogP contribution in [0, 0.1) is 12.7 Å². The molecular formula is C36H41FN6O3S. The van der Waals surface area contributed by atoms with Gasteiger partial charge in [0.25, 0.3) is 11.8 Å². The van der Waals surface area contributed by atoms with Crippen LogP contribution in [0.5, 0.6) is 11.6 Å². The number of thiazole rings is 1. The predicted octanol–water partition coefficient (Wildman–Crippen LogP) is 6.10. The van der Waals surface area contributed by atoms with Crippen LogP contribution in [0.2, 0.25) is 0 Å². The number of carbonyl (C=O) groups excluding carboxylic acids is 2. The second kappa shape index (κ2) is 14.7. The van der Waals surface area contributed by atoms with E-state index >= 15 is 0 Å². The molecule has 1 aliphatic heterocycles. The third-order valence-corrected chi connectivity index (χ3v) is 9.46. The number of nitrogens with zero attached hydrogens (tertiary/aromatic N) is 3. The zero-order chi connectivity index (χ0) is 32.9. The minimum Gasteiger partial charge on any atom is -0.438 e. The van der Waals surface area contributed by atoms with Gasteiger partial charge >= 0.3 is 0 Å². The Bertz CT molecular complexity index is 1700. The van der Waals surface area contributed by atoms with E-state index in [1.807, 2.05) is 25.1 Å². The molecule has 3 N–H and O–H groups in total. The first-order valence-corrected chi connectivity index (χ1v) is 17.1. The van der Waals surface area contributed by atoms with Gasteiger partial charge in [-0.1, -0.05) is 36.4 Å². The number of halogens is 1. The molecule has 2 aromatic heterocycles. The number of nitrogens with one attached hydrogen (secondary N) is 3. The summed E-state index contributed by atoms with van der Waals surface area (Å²) in [5, 5.41) is 12.2. The Morgan fingerprint density at radius 1 is 0.957 bits per heavy atom. The summed E-state index contributed by atoms with van der Waals surface area (Å²) in [4.78, 5) is 36.7. The molecule has 2 fully saturated rings. The smallest absolute Gasteiger partial charge is 0.270 e. The maximum Gasteiger partial charge on any atom is 0.270 e. The summed E-state index contributed by atoms with van der Waals surface area (Å²) < 4.78 is 20.4. The van der Waals surface area contributed by atoms with Gasteiger partial charge in [-0.15, -0.1) is 11.3 Å². The van der Waals surface area contributed by atoms with Crippen LogP contribution in [0.25, 0.3) is 11.1 Å². The Kier molecular flexibility index (Phi) is 10.2. The molecule has 9 nitrogen and oxygen atoms in total. The van der Waals surface area contributed by atoms with Crippen molar-refractivity contribution in [2.75, 3.05) is 13.1 Å². The van der Waals surface area contributed by atoms with E-state index in [0.717, 1.165) is 48.0 Å². The molecule has 1 saturated heterocycles. The molecule has 6 rings (SSSR count). The minimum atomic E-state index is -0.621. The lowest BCUT2D eigenvalue weighted by atomic mass is 9.91. The molecule has 4 aromatic rings. The summed E-state index contributed by atoms with van der Waals surface area (Å²) in [6, 6.07) is 18.1. The number of amides is 2. The van der Waals surface area contributed by atoms with Gasteiger partial charge in [-0.25, -0.2) is 14.4 Å². The Hall–Kier alpha value is -4.19. The highest BCUT2D eigenvalue weighted by Gasteiger charge is 2.26. The quantitative estimate of drug-likeness (QED) is 0.200. The number of hydrogen-bond acceptors (Lipinski definition) is 8. The molecule has 0 unspecified atom stereocenters. The molecule has 2 aromatic carbocycles. The minimum absolute atomic E-state index is 0.00993. The van der Waals surface area contributed by atoms with Crippen molar-refractivity contribution >= 4 is 23.2 Å². The van der Waals surface area contributed by atoms with E-state index in [1.165, 1.54) is 16.9 Å².